The fourth-order valence-corrected chi connectivity index (χ4v) is 0.387. The first-order valence-corrected chi connectivity index (χ1v) is 2.42. The van der Waals surface area contributed by atoms with Crippen molar-refractivity contribution in [2.75, 3.05) is 27.7 Å². The molecule has 0 aromatic rings. The zero-order valence-corrected chi connectivity index (χ0v) is 6.97. The fourth-order valence-electron chi connectivity index (χ4n) is 0.387. The number of hydrogen-bond donors (Lipinski definition) is 0. The molecule has 0 aromatic heterocycles. The Hall–Kier alpha value is -0.220. The maximum atomic E-state index is 9.89. The van der Waals surface area contributed by atoms with E-state index in [4.69, 9.17) is 0 Å². The van der Waals surface area contributed by atoms with E-state index in [9.17, 15) is 9.90 Å². The van der Waals surface area contributed by atoms with Gasteiger partial charge in [-0.25, -0.2) is 0 Å². The monoisotopic (exact) mass is 151 g/mol. The van der Waals surface area contributed by atoms with E-state index >= 15 is 0 Å². The molecule has 0 fully saturated rings. The molecule has 0 unspecified atom stereocenters. The quantitative estimate of drug-likeness (QED) is 0.453. The maximum Gasteiger partial charge on any atom is 0.118 e. The summed E-state index contributed by atoms with van der Waals surface area (Å²) in [6, 6.07) is 0. The number of carboxylic acids is 1. The van der Waals surface area contributed by atoms with Gasteiger partial charge in [-0.3, -0.25) is 0 Å². The van der Waals surface area contributed by atoms with Crippen LogP contribution in [0, 0.1) is 0 Å². The van der Waals surface area contributed by atoms with Gasteiger partial charge in [-0.1, -0.05) is 0 Å². The minimum atomic E-state index is -1.00. The Balaban J connectivity index is 0. The van der Waals surface area contributed by atoms with E-state index in [0.29, 0.717) is 4.48 Å². The second kappa shape index (κ2) is 3.74. The molecule has 56 valence electrons. The number of carboxylic acid groups (broad SMARTS) is 1. The molecule has 0 saturated heterocycles. The number of aliphatic carboxylic acids is 1. The van der Waals surface area contributed by atoms with Gasteiger partial charge in [0.25, 0.3) is 0 Å². The van der Waals surface area contributed by atoms with Crippen LogP contribution in [0.1, 0.15) is 0 Å². The molecule has 0 N–H and O–H groups in total. The largest absolute Gasteiger partial charge is 0.544 e. The van der Waals surface area contributed by atoms with E-state index < -0.39 is 5.97 Å². The summed E-state index contributed by atoms with van der Waals surface area (Å²) in [5.74, 6) is -1.00. The van der Waals surface area contributed by atoms with Crippen LogP contribution in [-0.2, 0) is 4.79 Å². The smallest absolute Gasteiger partial charge is 0.118 e. The average molecular weight is 151 g/mol. The van der Waals surface area contributed by atoms with E-state index in [1.165, 1.54) is 0 Å². The molecule has 0 aromatic carbocycles. The average Bonchev–Trinajstić information content (AvgIpc) is 1.21. The minimum Gasteiger partial charge on any atom is -0.544 e. The van der Waals surface area contributed by atoms with E-state index in [0.717, 1.165) is 0 Å². The number of quaternary nitrogens is 1. The normalized spacial score (nSPS) is 10.1. The zero-order valence-electron chi connectivity index (χ0n) is 5.97. The SMILES string of the molecule is C[N+](C)(C)CC(=O)[O-].S. The van der Waals surface area contributed by atoms with Gasteiger partial charge >= 0.3 is 0 Å². The van der Waals surface area contributed by atoms with E-state index in [1.807, 2.05) is 0 Å². The molecule has 0 aliphatic carbocycles. The van der Waals surface area contributed by atoms with Crippen molar-refractivity contribution in [2.45, 2.75) is 0 Å². The summed E-state index contributed by atoms with van der Waals surface area (Å²) in [6.07, 6.45) is 0. The highest BCUT2D eigenvalue weighted by Gasteiger charge is 2.04. The molecule has 4 heteroatoms. The predicted molar refractivity (Wildman–Crippen MR) is 38.3 cm³/mol. The molecule has 0 amide bonds. The number of likely N-dealkylation sites (N-methyl/N-ethyl adjacent to an activating group) is 1. The fraction of sp³-hybridized carbons (Fsp3) is 0.800. The molecular weight excluding hydrogens is 138 g/mol. The first-order valence-electron chi connectivity index (χ1n) is 2.42. The lowest BCUT2D eigenvalue weighted by Crippen LogP contribution is -2.45. The van der Waals surface area contributed by atoms with Gasteiger partial charge < -0.3 is 14.4 Å². The lowest BCUT2D eigenvalue weighted by atomic mass is 10.5. The van der Waals surface area contributed by atoms with Crippen molar-refractivity contribution >= 4 is 19.5 Å². The molecule has 0 heterocycles. The number of hydrogen-bond acceptors (Lipinski definition) is 2. The molecule has 0 radical (unpaired) electrons. The summed E-state index contributed by atoms with van der Waals surface area (Å²) >= 11 is 0. The van der Waals surface area contributed by atoms with Gasteiger partial charge in [-0.2, -0.15) is 13.5 Å². The highest BCUT2D eigenvalue weighted by molar-refractivity contribution is 7.59. The van der Waals surface area contributed by atoms with Crippen LogP contribution in [-0.4, -0.2) is 38.1 Å². The van der Waals surface area contributed by atoms with Crippen LogP contribution in [0.2, 0.25) is 0 Å². The van der Waals surface area contributed by atoms with Crippen LogP contribution in [0.3, 0.4) is 0 Å². The van der Waals surface area contributed by atoms with Crippen LogP contribution in [0.15, 0.2) is 0 Å². The van der Waals surface area contributed by atoms with E-state index in [1.54, 1.807) is 21.1 Å². The third-order valence-corrected chi connectivity index (χ3v) is 0.603. The summed E-state index contributed by atoms with van der Waals surface area (Å²) in [4.78, 5) is 9.89. The Morgan fingerprint density at radius 1 is 1.44 bits per heavy atom. The lowest BCUT2D eigenvalue weighted by Gasteiger charge is -2.23. The number of rotatable bonds is 2. The first kappa shape index (κ1) is 11.6. The molecule has 0 atom stereocenters. The Morgan fingerprint density at radius 2 is 1.78 bits per heavy atom. The number of carbonyl (C=O) groups is 1. The lowest BCUT2D eigenvalue weighted by molar-refractivity contribution is -0.864. The molecule has 0 aliphatic rings. The van der Waals surface area contributed by atoms with Crippen molar-refractivity contribution in [3.63, 3.8) is 0 Å². The Labute approximate surface area is 62.3 Å². The van der Waals surface area contributed by atoms with Gasteiger partial charge in [0.2, 0.25) is 0 Å². The van der Waals surface area contributed by atoms with Crippen LogP contribution in [0.5, 0.6) is 0 Å². The molecular formula is C5H13NO2S. The van der Waals surface area contributed by atoms with Crippen molar-refractivity contribution in [1.29, 1.82) is 0 Å². The van der Waals surface area contributed by atoms with Crippen LogP contribution in [0.4, 0.5) is 0 Å². The molecule has 9 heavy (non-hydrogen) atoms. The van der Waals surface area contributed by atoms with Crippen molar-refractivity contribution in [1.82, 2.24) is 0 Å². The molecule has 0 rings (SSSR count). The molecule has 0 aliphatic heterocycles. The van der Waals surface area contributed by atoms with Crippen LogP contribution >= 0.6 is 13.5 Å². The summed E-state index contributed by atoms with van der Waals surface area (Å²) in [5, 5.41) is 9.89. The van der Waals surface area contributed by atoms with Gasteiger partial charge in [-0.15, -0.1) is 0 Å². The number of nitrogens with zero attached hydrogens (tertiary/aromatic N) is 1. The summed E-state index contributed by atoms with van der Waals surface area (Å²) < 4.78 is 0.419. The Bertz CT molecular complexity index is 97.6. The molecule has 0 bridgehead atoms. The van der Waals surface area contributed by atoms with Gasteiger partial charge in [0, 0.05) is 0 Å². The first-order chi connectivity index (χ1) is 3.42. The second-order valence-electron chi connectivity index (χ2n) is 2.82. The van der Waals surface area contributed by atoms with Crippen molar-refractivity contribution in [3.8, 4) is 0 Å². The number of carbonyl (C=O) groups excluding carboxylic acids is 1. The van der Waals surface area contributed by atoms with E-state index in [-0.39, 0.29) is 20.0 Å². The second-order valence-corrected chi connectivity index (χ2v) is 2.82. The van der Waals surface area contributed by atoms with Crippen LogP contribution < -0.4 is 5.11 Å². The summed E-state index contributed by atoms with van der Waals surface area (Å²) in [6.45, 7) is 0.0694. The standard InChI is InChI=1S/C5H11NO2.H2S/c1-6(2,3)4-5(7)8;/h4H2,1-3H3;1H2. The van der Waals surface area contributed by atoms with Gasteiger partial charge in [0.05, 0.1) is 27.1 Å². The summed E-state index contributed by atoms with van der Waals surface area (Å²) in [5.41, 5.74) is 0. The third kappa shape index (κ3) is 11.4. The zero-order chi connectivity index (χ0) is 6.78. The maximum absolute atomic E-state index is 9.89. The van der Waals surface area contributed by atoms with Crippen molar-refractivity contribution in [3.05, 3.63) is 0 Å². The van der Waals surface area contributed by atoms with Gasteiger partial charge in [0.1, 0.15) is 6.54 Å². The van der Waals surface area contributed by atoms with Crippen molar-refractivity contribution in [2.24, 2.45) is 0 Å². The Morgan fingerprint density at radius 3 is 1.78 bits per heavy atom. The molecule has 0 saturated carbocycles. The highest BCUT2D eigenvalue weighted by Crippen LogP contribution is 1.84. The van der Waals surface area contributed by atoms with E-state index in [2.05, 4.69) is 0 Å². The molecule has 3 nitrogen and oxygen atoms in total. The predicted octanol–water partition coefficient (Wildman–Crippen LogP) is -1.44. The third-order valence-electron chi connectivity index (χ3n) is 0.603. The molecule has 0 spiro atoms. The van der Waals surface area contributed by atoms with Crippen LogP contribution in [0.25, 0.3) is 0 Å². The summed E-state index contributed by atoms with van der Waals surface area (Å²) in [7, 11) is 5.40. The van der Waals surface area contributed by atoms with Gasteiger partial charge in [0.15, 0.2) is 0 Å². The Kier molecular flexibility index (Phi) is 4.80. The van der Waals surface area contributed by atoms with Crippen molar-refractivity contribution < 1.29 is 14.4 Å². The highest BCUT2D eigenvalue weighted by atomic mass is 32.1. The van der Waals surface area contributed by atoms with Gasteiger partial charge in [-0.05, 0) is 0 Å². The minimum absolute atomic E-state index is 0. The topological polar surface area (TPSA) is 40.1 Å².